The Morgan fingerprint density at radius 1 is 1.00 bits per heavy atom. The van der Waals surface area contributed by atoms with E-state index in [-0.39, 0.29) is 10.9 Å². The minimum Gasteiger partial charge on any atom is -0.497 e. The first-order valence-corrected chi connectivity index (χ1v) is 12.4. The molecule has 0 fully saturated rings. The SMILES string of the molecule is COc1ccc2nc(N(/N=C/c3ccc([N+](=O)[O-])s3)C(=O)c3ccc(-c4ccccc4)cc3)sc2c1. The van der Waals surface area contributed by atoms with Crippen molar-refractivity contribution in [3.05, 3.63) is 105 Å². The number of rotatable bonds is 7. The molecule has 0 atom stereocenters. The van der Waals surface area contributed by atoms with Gasteiger partial charge in [-0.1, -0.05) is 65.1 Å². The lowest BCUT2D eigenvalue weighted by atomic mass is 10.0. The van der Waals surface area contributed by atoms with Crippen molar-refractivity contribution in [1.82, 2.24) is 4.98 Å². The molecular weight excluding hydrogens is 496 g/mol. The molecule has 0 bridgehead atoms. The highest BCUT2D eigenvalue weighted by Crippen LogP contribution is 2.33. The molecule has 0 unspecified atom stereocenters. The number of methoxy groups -OCH3 is 1. The number of fused-ring (bicyclic) bond motifs is 1. The van der Waals surface area contributed by atoms with Crippen molar-refractivity contribution in [2.75, 3.05) is 12.1 Å². The van der Waals surface area contributed by atoms with Crippen LogP contribution in [0, 0.1) is 10.1 Å². The van der Waals surface area contributed by atoms with E-state index in [1.54, 1.807) is 31.4 Å². The predicted molar refractivity (Wildman–Crippen MR) is 143 cm³/mol. The molecule has 36 heavy (non-hydrogen) atoms. The molecule has 0 saturated heterocycles. The molecule has 0 N–H and O–H groups in total. The van der Waals surface area contributed by atoms with Gasteiger partial charge in [0, 0.05) is 11.6 Å². The number of nitrogens with zero attached hydrogens (tertiary/aromatic N) is 4. The maximum atomic E-state index is 13.6. The van der Waals surface area contributed by atoms with Crippen molar-refractivity contribution >= 4 is 55.1 Å². The summed E-state index contributed by atoms with van der Waals surface area (Å²) in [4.78, 5) is 29.3. The lowest BCUT2D eigenvalue weighted by molar-refractivity contribution is -0.380. The fraction of sp³-hybridized carbons (Fsp3) is 0.0385. The third kappa shape index (κ3) is 4.85. The van der Waals surface area contributed by atoms with E-state index in [1.165, 1.54) is 28.6 Å². The number of benzene rings is 3. The van der Waals surface area contributed by atoms with E-state index in [1.807, 2.05) is 54.6 Å². The number of carbonyl (C=O) groups is 1. The smallest absolute Gasteiger partial charge is 0.324 e. The summed E-state index contributed by atoms with van der Waals surface area (Å²) in [7, 11) is 1.59. The van der Waals surface area contributed by atoms with Crippen molar-refractivity contribution in [1.29, 1.82) is 0 Å². The maximum Gasteiger partial charge on any atom is 0.324 e. The van der Waals surface area contributed by atoms with Gasteiger partial charge in [-0.15, -0.1) is 0 Å². The summed E-state index contributed by atoms with van der Waals surface area (Å²) < 4.78 is 6.14. The molecule has 178 valence electrons. The highest BCUT2D eigenvalue weighted by molar-refractivity contribution is 7.22. The highest BCUT2D eigenvalue weighted by Gasteiger charge is 2.22. The van der Waals surface area contributed by atoms with Crippen molar-refractivity contribution in [2.24, 2.45) is 5.10 Å². The number of carbonyl (C=O) groups excluding carboxylic acids is 1. The number of anilines is 1. The number of aromatic nitrogens is 1. The Kier molecular flexibility index (Phi) is 6.52. The van der Waals surface area contributed by atoms with Crippen molar-refractivity contribution in [2.45, 2.75) is 0 Å². The summed E-state index contributed by atoms with van der Waals surface area (Å²) in [5.74, 6) is 0.310. The van der Waals surface area contributed by atoms with E-state index in [2.05, 4.69) is 10.1 Å². The minimum absolute atomic E-state index is 0.00194. The summed E-state index contributed by atoms with van der Waals surface area (Å²) in [6.45, 7) is 0. The molecule has 2 aromatic heterocycles. The lowest BCUT2D eigenvalue weighted by Crippen LogP contribution is -2.25. The summed E-state index contributed by atoms with van der Waals surface area (Å²) in [5.41, 5.74) is 3.17. The van der Waals surface area contributed by atoms with Gasteiger partial charge in [0.05, 0.1) is 33.3 Å². The quantitative estimate of drug-likeness (QED) is 0.138. The normalized spacial score (nSPS) is 11.1. The Balaban J connectivity index is 1.51. The zero-order valence-corrected chi connectivity index (χ0v) is 20.5. The molecule has 0 aliphatic rings. The molecule has 1 amide bonds. The number of ether oxygens (including phenoxy) is 1. The largest absolute Gasteiger partial charge is 0.497 e. The van der Waals surface area contributed by atoms with Gasteiger partial charge in [-0.3, -0.25) is 14.9 Å². The number of amides is 1. The second-order valence-electron chi connectivity index (χ2n) is 7.57. The molecule has 3 aromatic carbocycles. The third-order valence-corrected chi connectivity index (χ3v) is 7.26. The van der Waals surface area contributed by atoms with Crippen LogP contribution in [-0.4, -0.2) is 29.1 Å². The van der Waals surface area contributed by atoms with Crippen LogP contribution in [0.2, 0.25) is 0 Å². The van der Waals surface area contributed by atoms with Crippen LogP contribution in [0.3, 0.4) is 0 Å². The number of hydrogen-bond acceptors (Lipinski definition) is 8. The van der Waals surface area contributed by atoms with Gasteiger partial charge >= 0.3 is 5.00 Å². The van der Waals surface area contributed by atoms with Gasteiger partial charge in [0.2, 0.25) is 5.13 Å². The van der Waals surface area contributed by atoms with E-state index in [9.17, 15) is 14.9 Å². The van der Waals surface area contributed by atoms with Gasteiger partial charge in [0.1, 0.15) is 5.75 Å². The molecule has 0 aliphatic carbocycles. The van der Waals surface area contributed by atoms with Crippen LogP contribution < -0.4 is 9.75 Å². The van der Waals surface area contributed by atoms with E-state index in [0.29, 0.717) is 26.8 Å². The summed E-state index contributed by atoms with van der Waals surface area (Å²) in [5, 5.41) is 17.0. The van der Waals surface area contributed by atoms with Gasteiger partial charge in [-0.25, -0.2) is 4.98 Å². The molecular formula is C26H18N4O4S2. The third-order valence-electron chi connectivity index (χ3n) is 5.29. The highest BCUT2D eigenvalue weighted by atomic mass is 32.1. The molecule has 8 nitrogen and oxygen atoms in total. The molecule has 5 aromatic rings. The Morgan fingerprint density at radius 3 is 2.44 bits per heavy atom. The Labute approximate surface area is 213 Å². The molecule has 0 saturated carbocycles. The fourth-order valence-electron chi connectivity index (χ4n) is 3.48. The Bertz CT molecular complexity index is 1580. The zero-order chi connectivity index (χ0) is 25.1. The van der Waals surface area contributed by atoms with Crippen molar-refractivity contribution in [3.63, 3.8) is 0 Å². The second-order valence-corrected chi connectivity index (χ2v) is 9.67. The maximum absolute atomic E-state index is 13.6. The van der Waals surface area contributed by atoms with Gasteiger partial charge in [-0.2, -0.15) is 10.1 Å². The molecule has 10 heteroatoms. The van der Waals surface area contributed by atoms with Gasteiger partial charge in [0.15, 0.2) is 0 Å². The van der Waals surface area contributed by atoms with Gasteiger partial charge in [-0.05, 0) is 47.5 Å². The van der Waals surface area contributed by atoms with Crippen molar-refractivity contribution < 1.29 is 14.5 Å². The van der Waals surface area contributed by atoms with Crippen LogP contribution in [0.25, 0.3) is 21.3 Å². The average Bonchev–Trinajstić information content (AvgIpc) is 3.56. The molecule has 0 spiro atoms. The van der Waals surface area contributed by atoms with Crippen LogP contribution >= 0.6 is 22.7 Å². The van der Waals surface area contributed by atoms with Crippen LogP contribution in [-0.2, 0) is 0 Å². The van der Waals surface area contributed by atoms with E-state index >= 15 is 0 Å². The van der Waals surface area contributed by atoms with Crippen LogP contribution in [0.4, 0.5) is 10.1 Å². The number of thiazole rings is 1. The first-order chi connectivity index (χ1) is 17.5. The first kappa shape index (κ1) is 23.3. The number of thiophene rings is 1. The van der Waals surface area contributed by atoms with Crippen LogP contribution in [0.1, 0.15) is 15.2 Å². The Morgan fingerprint density at radius 2 is 1.75 bits per heavy atom. The van der Waals surface area contributed by atoms with E-state index < -0.39 is 4.92 Å². The number of hydrazone groups is 1. The lowest BCUT2D eigenvalue weighted by Gasteiger charge is -2.14. The molecule has 0 aliphatic heterocycles. The van der Waals surface area contributed by atoms with Crippen molar-refractivity contribution in [3.8, 4) is 16.9 Å². The van der Waals surface area contributed by atoms with Crippen LogP contribution in [0.5, 0.6) is 5.75 Å². The summed E-state index contributed by atoms with van der Waals surface area (Å²) in [6, 6.07) is 25.6. The first-order valence-electron chi connectivity index (χ1n) is 10.7. The summed E-state index contributed by atoms with van der Waals surface area (Å²) in [6.07, 6.45) is 1.43. The monoisotopic (exact) mass is 514 g/mol. The fourth-order valence-corrected chi connectivity index (χ4v) is 5.12. The average molecular weight is 515 g/mol. The summed E-state index contributed by atoms with van der Waals surface area (Å²) >= 11 is 2.27. The molecule has 5 rings (SSSR count). The minimum atomic E-state index is -0.458. The van der Waals surface area contributed by atoms with E-state index in [0.717, 1.165) is 27.2 Å². The zero-order valence-electron chi connectivity index (χ0n) is 18.9. The van der Waals surface area contributed by atoms with Gasteiger partial charge < -0.3 is 4.74 Å². The molecule has 0 radical (unpaired) electrons. The number of nitro groups is 1. The molecule has 2 heterocycles. The van der Waals surface area contributed by atoms with Crippen LogP contribution in [0.15, 0.2) is 90.0 Å². The topological polar surface area (TPSA) is 97.9 Å². The standard InChI is InChI=1S/C26H18N4O4S2/c1-34-20-11-13-22-23(15-20)36-26(28-22)29(27-16-21-12-14-24(35-21)30(32)33)25(31)19-9-7-18(8-10-19)17-5-3-2-4-6-17/h2-16H,1H3/b27-16+. The Hall–Kier alpha value is -4.41. The number of hydrogen-bond donors (Lipinski definition) is 0. The van der Waals surface area contributed by atoms with E-state index in [4.69, 9.17) is 4.74 Å². The second kappa shape index (κ2) is 10.1. The van der Waals surface area contributed by atoms with Gasteiger partial charge in [0.25, 0.3) is 5.91 Å². The predicted octanol–water partition coefficient (Wildman–Crippen LogP) is 6.62.